The zero-order chi connectivity index (χ0) is 25.9. The van der Waals surface area contributed by atoms with Gasteiger partial charge in [0.1, 0.15) is 25.1 Å². The lowest BCUT2D eigenvalue weighted by Crippen LogP contribution is -2.33. The number of hydrogen-bond donors (Lipinski definition) is 1. The van der Waals surface area contributed by atoms with Crippen molar-refractivity contribution in [1.29, 1.82) is 0 Å². The number of rotatable bonds is 9. The summed E-state index contributed by atoms with van der Waals surface area (Å²) in [7, 11) is 0. The van der Waals surface area contributed by atoms with Crippen molar-refractivity contribution in [1.82, 2.24) is 14.5 Å². The third-order valence-corrected chi connectivity index (χ3v) is 6.36. The van der Waals surface area contributed by atoms with Crippen molar-refractivity contribution in [2.75, 3.05) is 19.8 Å². The predicted octanol–water partition coefficient (Wildman–Crippen LogP) is 6.06. The molecule has 1 atom stereocenters. The SMILES string of the molecule is CCC(C(=O)O)n1c(-c2ccccc2)nc(Cl)c1CN(Cc1ccc2c(c1)OCCO2)CC(C)(C)C. The van der Waals surface area contributed by atoms with Crippen LogP contribution in [0.5, 0.6) is 11.5 Å². The molecule has 4 rings (SSSR count). The summed E-state index contributed by atoms with van der Waals surface area (Å²) in [6.07, 6.45) is 0.413. The van der Waals surface area contributed by atoms with Gasteiger partial charge in [-0.25, -0.2) is 9.78 Å². The van der Waals surface area contributed by atoms with Gasteiger partial charge in [-0.15, -0.1) is 0 Å². The molecule has 0 amide bonds. The normalized spacial score (nSPS) is 14.2. The summed E-state index contributed by atoms with van der Waals surface area (Å²) in [5, 5.41) is 10.4. The highest BCUT2D eigenvalue weighted by molar-refractivity contribution is 6.30. The number of carboxylic acid groups (broad SMARTS) is 1. The van der Waals surface area contributed by atoms with E-state index in [9.17, 15) is 9.90 Å². The Morgan fingerprint density at radius 3 is 2.44 bits per heavy atom. The number of carbonyl (C=O) groups is 1. The second-order valence-electron chi connectivity index (χ2n) is 10.4. The molecule has 8 heteroatoms. The number of aromatic nitrogens is 2. The topological polar surface area (TPSA) is 76.8 Å². The van der Waals surface area contributed by atoms with E-state index in [2.05, 4.69) is 30.7 Å². The van der Waals surface area contributed by atoms with Crippen LogP contribution in [0.15, 0.2) is 48.5 Å². The van der Waals surface area contributed by atoms with Crippen molar-refractivity contribution in [3.05, 3.63) is 64.9 Å². The summed E-state index contributed by atoms with van der Waals surface area (Å²) in [5.74, 6) is 1.17. The first kappa shape index (κ1) is 26.0. The van der Waals surface area contributed by atoms with E-state index < -0.39 is 12.0 Å². The van der Waals surface area contributed by atoms with E-state index in [4.69, 9.17) is 21.1 Å². The fourth-order valence-electron chi connectivity index (χ4n) is 4.67. The van der Waals surface area contributed by atoms with Gasteiger partial charge in [0.05, 0.1) is 5.69 Å². The Balaban J connectivity index is 1.73. The molecule has 0 saturated carbocycles. The van der Waals surface area contributed by atoms with Crippen LogP contribution in [0.3, 0.4) is 0 Å². The van der Waals surface area contributed by atoms with Crippen LogP contribution in [-0.4, -0.2) is 45.3 Å². The summed E-state index contributed by atoms with van der Waals surface area (Å²) in [6, 6.07) is 14.8. The molecule has 0 fully saturated rings. The number of halogens is 1. The molecular weight excluding hydrogens is 478 g/mol. The van der Waals surface area contributed by atoms with E-state index in [0.29, 0.717) is 49.4 Å². The summed E-state index contributed by atoms with van der Waals surface area (Å²) < 4.78 is 13.3. The Labute approximate surface area is 217 Å². The van der Waals surface area contributed by atoms with Crippen LogP contribution in [0.25, 0.3) is 11.4 Å². The van der Waals surface area contributed by atoms with Gasteiger partial charge < -0.3 is 19.1 Å². The number of ether oxygens (including phenoxy) is 2. The molecule has 2 aromatic carbocycles. The second kappa shape index (κ2) is 10.9. The zero-order valence-electron chi connectivity index (χ0n) is 21.3. The first-order valence-corrected chi connectivity index (χ1v) is 12.7. The zero-order valence-corrected chi connectivity index (χ0v) is 22.1. The maximum atomic E-state index is 12.3. The molecule has 2 heterocycles. The van der Waals surface area contributed by atoms with Gasteiger partial charge in [-0.2, -0.15) is 0 Å². The van der Waals surface area contributed by atoms with Crippen LogP contribution in [-0.2, 0) is 17.9 Å². The average Bonchev–Trinajstić information content (AvgIpc) is 3.14. The molecule has 0 bridgehead atoms. The summed E-state index contributed by atoms with van der Waals surface area (Å²) in [4.78, 5) is 19.2. The van der Waals surface area contributed by atoms with E-state index in [1.165, 1.54) is 0 Å². The quantitative estimate of drug-likeness (QED) is 0.376. The van der Waals surface area contributed by atoms with Crippen molar-refractivity contribution >= 4 is 17.6 Å². The van der Waals surface area contributed by atoms with Crippen LogP contribution < -0.4 is 9.47 Å². The molecule has 0 spiro atoms. The van der Waals surface area contributed by atoms with Gasteiger partial charge in [0.25, 0.3) is 0 Å². The van der Waals surface area contributed by atoms with Crippen molar-refractivity contribution in [3.63, 3.8) is 0 Å². The Hall–Kier alpha value is -3.03. The lowest BCUT2D eigenvalue weighted by Gasteiger charge is -2.31. The Bertz CT molecular complexity index is 1200. The maximum absolute atomic E-state index is 12.3. The van der Waals surface area contributed by atoms with Crippen molar-refractivity contribution < 1.29 is 19.4 Å². The Morgan fingerprint density at radius 1 is 1.11 bits per heavy atom. The van der Waals surface area contributed by atoms with Gasteiger partial charge in [0.2, 0.25) is 0 Å². The molecule has 1 aliphatic rings. The number of imidazole rings is 1. The van der Waals surface area contributed by atoms with E-state index >= 15 is 0 Å². The monoisotopic (exact) mass is 511 g/mol. The molecule has 3 aromatic rings. The molecule has 1 aromatic heterocycles. The number of carboxylic acids is 1. The standard InChI is InChI=1S/C28H34ClN3O4/c1-5-21(27(33)34)32-22(25(29)30-26(32)20-9-7-6-8-10-20)17-31(18-28(2,3)4)16-19-11-12-23-24(15-19)36-14-13-35-23/h6-12,15,21H,5,13-14,16-18H2,1-4H3,(H,33,34). The van der Waals surface area contributed by atoms with Gasteiger partial charge >= 0.3 is 5.97 Å². The van der Waals surface area contributed by atoms with Crippen LogP contribution in [0.2, 0.25) is 5.15 Å². The van der Waals surface area contributed by atoms with E-state index in [1.54, 1.807) is 4.57 Å². The van der Waals surface area contributed by atoms with Crippen LogP contribution in [0.4, 0.5) is 0 Å². The number of nitrogens with zero attached hydrogens (tertiary/aromatic N) is 3. The lowest BCUT2D eigenvalue weighted by atomic mass is 9.95. The number of fused-ring (bicyclic) bond motifs is 1. The fourth-order valence-corrected chi connectivity index (χ4v) is 4.90. The third kappa shape index (κ3) is 6.02. The highest BCUT2D eigenvalue weighted by Gasteiger charge is 2.29. The second-order valence-corrected chi connectivity index (χ2v) is 10.7. The van der Waals surface area contributed by atoms with E-state index in [-0.39, 0.29) is 5.41 Å². The van der Waals surface area contributed by atoms with Gasteiger partial charge in [-0.1, -0.05) is 75.7 Å². The van der Waals surface area contributed by atoms with Crippen molar-refractivity contribution in [2.24, 2.45) is 5.41 Å². The minimum atomic E-state index is -0.904. The molecule has 0 aliphatic carbocycles. The number of benzene rings is 2. The predicted molar refractivity (Wildman–Crippen MR) is 141 cm³/mol. The highest BCUT2D eigenvalue weighted by Crippen LogP contribution is 2.34. The molecule has 1 unspecified atom stereocenters. The first-order chi connectivity index (χ1) is 17.2. The number of aliphatic carboxylic acids is 1. The van der Waals surface area contributed by atoms with Crippen molar-refractivity contribution in [2.45, 2.75) is 53.2 Å². The highest BCUT2D eigenvalue weighted by atomic mass is 35.5. The van der Waals surface area contributed by atoms with Gasteiger partial charge in [0, 0.05) is 25.2 Å². The minimum absolute atomic E-state index is 0.00433. The molecule has 0 radical (unpaired) electrons. The molecule has 1 N–H and O–H groups in total. The van der Waals surface area contributed by atoms with Gasteiger partial charge in [-0.3, -0.25) is 4.90 Å². The van der Waals surface area contributed by atoms with Crippen molar-refractivity contribution in [3.8, 4) is 22.9 Å². The Morgan fingerprint density at radius 2 is 1.81 bits per heavy atom. The molecular formula is C28H34ClN3O4. The van der Waals surface area contributed by atoms with Crippen LogP contribution >= 0.6 is 11.6 Å². The first-order valence-electron chi connectivity index (χ1n) is 12.3. The van der Waals surface area contributed by atoms with Gasteiger partial charge in [-0.05, 0) is 29.5 Å². The smallest absolute Gasteiger partial charge is 0.326 e. The summed E-state index contributed by atoms with van der Waals surface area (Å²) in [5.41, 5.74) is 2.62. The fraction of sp³-hybridized carbons (Fsp3) is 0.429. The minimum Gasteiger partial charge on any atom is -0.486 e. The van der Waals surface area contributed by atoms with Crippen LogP contribution in [0.1, 0.15) is 51.4 Å². The molecule has 7 nitrogen and oxygen atoms in total. The maximum Gasteiger partial charge on any atom is 0.326 e. The van der Waals surface area contributed by atoms with Crippen LogP contribution in [0, 0.1) is 5.41 Å². The molecule has 0 saturated heterocycles. The molecule has 1 aliphatic heterocycles. The van der Waals surface area contributed by atoms with E-state index in [0.717, 1.165) is 29.2 Å². The summed E-state index contributed by atoms with van der Waals surface area (Å²) in [6.45, 7) is 11.4. The van der Waals surface area contributed by atoms with E-state index in [1.807, 2.05) is 55.5 Å². The average molecular weight is 512 g/mol. The van der Waals surface area contributed by atoms with Gasteiger partial charge in [0.15, 0.2) is 16.7 Å². The Kier molecular flexibility index (Phi) is 7.91. The third-order valence-electron chi connectivity index (χ3n) is 6.06. The molecule has 36 heavy (non-hydrogen) atoms. The molecule has 192 valence electrons. The number of hydrogen-bond acceptors (Lipinski definition) is 5. The largest absolute Gasteiger partial charge is 0.486 e. The summed E-state index contributed by atoms with van der Waals surface area (Å²) >= 11 is 6.73. The lowest BCUT2D eigenvalue weighted by molar-refractivity contribution is -0.141.